The molecule has 3 aromatic rings. The number of piperidine rings is 1. The average Bonchev–Trinajstić information content (AvgIpc) is 3.51. The summed E-state index contributed by atoms with van der Waals surface area (Å²) in [6.45, 7) is 6.41. The maximum atomic E-state index is 13.5. The van der Waals surface area contributed by atoms with Gasteiger partial charge >= 0.3 is 0 Å². The summed E-state index contributed by atoms with van der Waals surface area (Å²) in [5, 5.41) is 26.1. The van der Waals surface area contributed by atoms with Crippen LogP contribution in [0, 0.1) is 0 Å². The van der Waals surface area contributed by atoms with E-state index in [0.29, 0.717) is 24.3 Å². The molecule has 5 amide bonds. The lowest BCUT2D eigenvalue weighted by Crippen LogP contribution is -2.54. The Labute approximate surface area is 253 Å². The van der Waals surface area contributed by atoms with Gasteiger partial charge in [0, 0.05) is 37.3 Å². The summed E-state index contributed by atoms with van der Waals surface area (Å²) in [6, 6.07) is 12.2. The molecule has 6 rings (SSSR count). The number of anilines is 1. The van der Waals surface area contributed by atoms with Gasteiger partial charge in [0.1, 0.15) is 17.5 Å². The fourth-order valence-corrected chi connectivity index (χ4v) is 6.18. The summed E-state index contributed by atoms with van der Waals surface area (Å²) < 4.78 is 0. The molecule has 44 heavy (non-hydrogen) atoms. The van der Waals surface area contributed by atoms with Crippen LogP contribution in [-0.4, -0.2) is 55.6 Å². The van der Waals surface area contributed by atoms with Crippen molar-refractivity contribution in [1.29, 1.82) is 0 Å². The molecule has 4 N–H and O–H groups in total. The van der Waals surface area contributed by atoms with Gasteiger partial charge in [-0.3, -0.25) is 34.2 Å². The summed E-state index contributed by atoms with van der Waals surface area (Å²) in [5.41, 5.74) is 4.35. The summed E-state index contributed by atoms with van der Waals surface area (Å²) in [4.78, 5) is 66.7. The van der Waals surface area contributed by atoms with Crippen LogP contribution in [0.25, 0.3) is 0 Å². The molecule has 0 aliphatic carbocycles. The van der Waals surface area contributed by atoms with E-state index >= 15 is 0 Å². The smallest absolute Gasteiger partial charge is 0.264 e. The fourth-order valence-electron chi connectivity index (χ4n) is 6.18. The van der Waals surface area contributed by atoms with Crippen LogP contribution in [0.5, 0.6) is 11.5 Å². The number of fused-ring (bicyclic) bond motifs is 2. The molecular formula is C33H32N4O7. The minimum atomic E-state index is -1.05. The number of rotatable bonds is 6. The molecule has 0 aromatic heterocycles. The van der Waals surface area contributed by atoms with E-state index in [1.165, 1.54) is 6.07 Å². The summed E-state index contributed by atoms with van der Waals surface area (Å²) in [5.74, 6) is -2.94. The first-order valence-electron chi connectivity index (χ1n) is 14.5. The van der Waals surface area contributed by atoms with Crippen molar-refractivity contribution in [3.05, 3.63) is 87.5 Å². The largest absolute Gasteiger partial charge is 0.508 e. The summed E-state index contributed by atoms with van der Waals surface area (Å²) >= 11 is 0. The van der Waals surface area contributed by atoms with Crippen molar-refractivity contribution in [2.45, 2.75) is 64.7 Å². The van der Waals surface area contributed by atoms with Crippen LogP contribution in [-0.2, 0) is 22.7 Å². The van der Waals surface area contributed by atoms with E-state index in [9.17, 15) is 34.2 Å². The molecular weight excluding hydrogens is 564 g/mol. The number of hydrogen-bond acceptors (Lipinski definition) is 8. The minimum absolute atomic E-state index is 0.0331. The van der Waals surface area contributed by atoms with Gasteiger partial charge in [-0.2, -0.15) is 0 Å². The van der Waals surface area contributed by atoms with Gasteiger partial charge in [0.05, 0.1) is 16.7 Å². The summed E-state index contributed by atoms with van der Waals surface area (Å²) in [6.07, 6.45) is 0.123. The van der Waals surface area contributed by atoms with E-state index in [1.807, 2.05) is 39.0 Å². The Bertz CT molecular complexity index is 1760. The molecule has 3 aliphatic heterocycles. The van der Waals surface area contributed by atoms with Crippen molar-refractivity contribution >= 4 is 35.2 Å². The fraction of sp³-hybridized carbons (Fsp3) is 0.303. The van der Waals surface area contributed by atoms with E-state index in [1.54, 1.807) is 29.2 Å². The maximum Gasteiger partial charge on any atom is 0.264 e. The van der Waals surface area contributed by atoms with Crippen LogP contribution in [0.3, 0.4) is 0 Å². The van der Waals surface area contributed by atoms with Gasteiger partial charge in [0.2, 0.25) is 11.8 Å². The Hall–Kier alpha value is -5.19. The van der Waals surface area contributed by atoms with Crippen LogP contribution in [0.2, 0.25) is 0 Å². The second kappa shape index (κ2) is 10.8. The van der Waals surface area contributed by atoms with Gasteiger partial charge < -0.3 is 20.4 Å². The SMILES string of the molecule is CC(C)c1cc(C(=O)N2Cc3ccc(C(C)Nc4cccc5c4C(=O)N(C4CCC(=O)NC4=O)C5=O)cc3C2)c(O)cc1O. The molecule has 0 saturated carbocycles. The third-order valence-electron chi connectivity index (χ3n) is 8.58. The quantitative estimate of drug-likeness (QED) is 0.312. The second-order valence-electron chi connectivity index (χ2n) is 11.8. The first-order valence-corrected chi connectivity index (χ1v) is 14.5. The molecule has 1 saturated heterocycles. The van der Waals surface area contributed by atoms with Crippen molar-refractivity contribution in [2.75, 3.05) is 5.32 Å². The van der Waals surface area contributed by atoms with Crippen molar-refractivity contribution in [2.24, 2.45) is 0 Å². The number of hydrogen-bond donors (Lipinski definition) is 4. The summed E-state index contributed by atoms with van der Waals surface area (Å²) in [7, 11) is 0. The Morgan fingerprint density at radius 3 is 2.41 bits per heavy atom. The molecule has 226 valence electrons. The van der Waals surface area contributed by atoms with Crippen LogP contribution in [0.4, 0.5) is 5.69 Å². The van der Waals surface area contributed by atoms with E-state index in [4.69, 9.17) is 0 Å². The second-order valence-corrected chi connectivity index (χ2v) is 11.8. The molecule has 0 spiro atoms. The van der Waals surface area contributed by atoms with Crippen LogP contribution in [0.15, 0.2) is 48.5 Å². The molecule has 2 atom stereocenters. The van der Waals surface area contributed by atoms with Crippen LogP contribution in [0.1, 0.15) is 98.9 Å². The van der Waals surface area contributed by atoms with Crippen molar-refractivity contribution in [3.63, 3.8) is 0 Å². The number of phenolic OH excluding ortho intramolecular Hbond substituents is 2. The minimum Gasteiger partial charge on any atom is -0.508 e. The van der Waals surface area contributed by atoms with Gasteiger partial charge in [0.25, 0.3) is 17.7 Å². The maximum absolute atomic E-state index is 13.5. The number of nitrogens with one attached hydrogen (secondary N) is 2. The highest BCUT2D eigenvalue weighted by molar-refractivity contribution is 6.25. The highest BCUT2D eigenvalue weighted by Gasteiger charge is 2.45. The molecule has 0 bridgehead atoms. The zero-order chi connectivity index (χ0) is 31.4. The lowest BCUT2D eigenvalue weighted by Gasteiger charge is -2.28. The zero-order valence-corrected chi connectivity index (χ0v) is 24.5. The molecule has 11 nitrogen and oxygen atoms in total. The first kappa shape index (κ1) is 28.9. The van der Waals surface area contributed by atoms with Crippen molar-refractivity contribution < 1.29 is 34.2 Å². The molecule has 3 aromatic carbocycles. The average molecular weight is 597 g/mol. The first-order chi connectivity index (χ1) is 20.9. The Morgan fingerprint density at radius 2 is 1.68 bits per heavy atom. The van der Waals surface area contributed by atoms with E-state index < -0.39 is 29.7 Å². The van der Waals surface area contributed by atoms with E-state index in [0.717, 1.165) is 21.6 Å². The molecule has 0 radical (unpaired) electrons. The van der Waals surface area contributed by atoms with Gasteiger partial charge in [-0.05, 0) is 59.7 Å². The van der Waals surface area contributed by atoms with Gasteiger partial charge in [0.15, 0.2) is 0 Å². The van der Waals surface area contributed by atoms with E-state index in [-0.39, 0.29) is 58.9 Å². The topological polar surface area (TPSA) is 156 Å². The van der Waals surface area contributed by atoms with Gasteiger partial charge in [-0.15, -0.1) is 0 Å². The Morgan fingerprint density at radius 1 is 0.932 bits per heavy atom. The number of benzene rings is 3. The molecule has 1 fully saturated rings. The molecule has 3 heterocycles. The van der Waals surface area contributed by atoms with Crippen LogP contribution >= 0.6 is 0 Å². The zero-order valence-electron chi connectivity index (χ0n) is 24.5. The standard InChI is InChI=1S/C33H32N4O7/c1-16(2)22-12-23(27(39)13-26(22)38)31(42)36-14-19-8-7-18(11-20(19)15-36)17(3)34-24-6-4-5-21-29(24)33(44)37(32(21)43)25-9-10-28(40)35-30(25)41/h4-8,11-13,16-17,25,34,38-39H,9-10,14-15H2,1-3H3,(H,35,40,41). The number of phenols is 2. The van der Waals surface area contributed by atoms with E-state index in [2.05, 4.69) is 10.6 Å². The van der Waals surface area contributed by atoms with Crippen LogP contribution < -0.4 is 10.6 Å². The highest BCUT2D eigenvalue weighted by atomic mass is 16.3. The Kier molecular flexibility index (Phi) is 7.11. The normalized spacial score (nSPS) is 18.4. The number of imide groups is 2. The number of nitrogens with zero attached hydrogens (tertiary/aromatic N) is 2. The number of amides is 5. The monoisotopic (exact) mass is 596 g/mol. The number of carbonyl (C=O) groups is 5. The predicted molar refractivity (Wildman–Crippen MR) is 159 cm³/mol. The van der Waals surface area contributed by atoms with Gasteiger partial charge in [-0.25, -0.2) is 0 Å². The number of aromatic hydroxyl groups is 2. The third kappa shape index (κ3) is 4.83. The molecule has 11 heteroatoms. The Balaban J connectivity index is 1.20. The van der Waals surface area contributed by atoms with Crippen molar-refractivity contribution in [1.82, 2.24) is 15.1 Å². The lowest BCUT2D eigenvalue weighted by atomic mass is 9.98. The third-order valence-corrected chi connectivity index (χ3v) is 8.58. The van der Waals surface area contributed by atoms with Gasteiger partial charge in [-0.1, -0.05) is 38.1 Å². The lowest BCUT2D eigenvalue weighted by molar-refractivity contribution is -0.136. The van der Waals surface area contributed by atoms with Crippen molar-refractivity contribution in [3.8, 4) is 11.5 Å². The molecule has 2 unspecified atom stereocenters. The number of carbonyl (C=O) groups excluding carboxylic acids is 5. The highest BCUT2D eigenvalue weighted by Crippen LogP contribution is 2.37. The molecule has 3 aliphatic rings. The predicted octanol–water partition coefficient (Wildman–Crippen LogP) is 3.95.